The molecule has 0 saturated carbocycles. The van der Waals surface area contributed by atoms with Crippen molar-refractivity contribution < 1.29 is 23.2 Å². The van der Waals surface area contributed by atoms with Gasteiger partial charge < -0.3 is 10.1 Å². The number of nitro groups is 1. The molecule has 0 spiro atoms. The lowest BCUT2D eigenvalue weighted by Crippen LogP contribution is -2.20. The van der Waals surface area contributed by atoms with Crippen LogP contribution in [0, 0.1) is 17.0 Å². The van der Waals surface area contributed by atoms with Crippen molar-refractivity contribution in [3.8, 4) is 5.75 Å². The molecule has 1 N–H and O–H groups in total. The number of carbonyl (C=O) groups excluding carboxylic acids is 1. The van der Waals surface area contributed by atoms with Crippen molar-refractivity contribution in [2.24, 2.45) is 0 Å². The summed E-state index contributed by atoms with van der Waals surface area (Å²) < 4.78 is 34.0. The van der Waals surface area contributed by atoms with Gasteiger partial charge in [-0.15, -0.1) is 0 Å². The fourth-order valence-corrected chi connectivity index (χ4v) is 2.88. The second-order valence-corrected chi connectivity index (χ2v) is 6.62. The third-order valence-electron chi connectivity index (χ3n) is 4.50. The predicted octanol–water partition coefficient (Wildman–Crippen LogP) is 3.47. The number of aryl methyl sites for hydroxylation is 1. The summed E-state index contributed by atoms with van der Waals surface area (Å²) >= 11 is 0. The Kier molecular flexibility index (Phi) is 6.58. The number of benzene rings is 1. The van der Waals surface area contributed by atoms with Crippen molar-refractivity contribution in [3.05, 3.63) is 63.7 Å². The number of carbonyl (C=O) groups is 1. The van der Waals surface area contributed by atoms with E-state index in [2.05, 4.69) is 22.4 Å². The molecule has 2 aromatic heterocycles. The van der Waals surface area contributed by atoms with Gasteiger partial charge in [-0.2, -0.15) is 10.2 Å². The quantitative estimate of drug-likeness (QED) is 0.407. The molecule has 164 valence electrons. The van der Waals surface area contributed by atoms with E-state index in [1.54, 1.807) is 0 Å². The molecule has 0 atom stereocenters. The van der Waals surface area contributed by atoms with E-state index in [1.165, 1.54) is 29.6 Å². The van der Waals surface area contributed by atoms with Crippen molar-refractivity contribution in [2.45, 2.75) is 40.0 Å². The number of alkyl halides is 2. The molecule has 10 nitrogen and oxygen atoms in total. The monoisotopic (exact) mass is 434 g/mol. The van der Waals surface area contributed by atoms with Crippen molar-refractivity contribution in [2.75, 3.05) is 5.32 Å². The third-order valence-corrected chi connectivity index (χ3v) is 4.50. The summed E-state index contributed by atoms with van der Waals surface area (Å²) in [6.45, 7) is 2.96. The van der Waals surface area contributed by atoms with Crippen molar-refractivity contribution in [3.63, 3.8) is 0 Å². The van der Waals surface area contributed by atoms with Gasteiger partial charge >= 0.3 is 5.69 Å². The average Bonchev–Trinajstić information content (AvgIpc) is 3.31. The lowest BCUT2D eigenvalue weighted by atomic mass is 10.2. The van der Waals surface area contributed by atoms with E-state index in [1.807, 2.05) is 24.3 Å². The smallest absolute Gasteiger partial charge is 0.319 e. The highest BCUT2D eigenvalue weighted by molar-refractivity contribution is 5.90. The summed E-state index contributed by atoms with van der Waals surface area (Å²) in [7, 11) is 0. The van der Waals surface area contributed by atoms with Crippen LogP contribution in [0.5, 0.6) is 5.75 Å². The molecule has 3 rings (SSSR count). The van der Waals surface area contributed by atoms with Gasteiger partial charge in [0.25, 0.3) is 6.43 Å². The highest BCUT2D eigenvalue weighted by atomic mass is 19.3. The van der Waals surface area contributed by atoms with Gasteiger partial charge in [-0.1, -0.05) is 19.1 Å². The number of anilines is 1. The molecule has 1 aromatic carbocycles. The van der Waals surface area contributed by atoms with Crippen molar-refractivity contribution in [1.29, 1.82) is 0 Å². The van der Waals surface area contributed by atoms with E-state index in [0.29, 0.717) is 11.4 Å². The summed E-state index contributed by atoms with van der Waals surface area (Å²) in [6, 6.07) is 7.63. The maximum Gasteiger partial charge on any atom is 0.319 e. The van der Waals surface area contributed by atoms with Crippen molar-refractivity contribution in [1.82, 2.24) is 19.6 Å². The summed E-state index contributed by atoms with van der Waals surface area (Å²) in [5.41, 5.74) is -0.348. The maximum atomic E-state index is 13.0. The molecule has 0 unspecified atom stereocenters. The first-order chi connectivity index (χ1) is 14.8. The summed E-state index contributed by atoms with van der Waals surface area (Å²) in [6.07, 6.45) is 0.725. The van der Waals surface area contributed by atoms with Gasteiger partial charge in [0, 0.05) is 0 Å². The number of rotatable bonds is 9. The van der Waals surface area contributed by atoms with Gasteiger partial charge in [-0.3, -0.25) is 19.6 Å². The van der Waals surface area contributed by atoms with Crippen LogP contribution in [0.2, 0.25) is 0 Å². The van der Waals surface area contributed by atoms with Crippen LogP contribution < -0.4 is 10.1 Å². The fourth-order valence-electron chi connectivity index (χ4n) is 2.88. The minimum atomic E-state index is -3.13. The Morgan fingerprint density at radius 3 is 2.61 bits per heavy atom. The Balaban J connectivity index is 1.60. The molecule has 0 aliphatic carbocycles. The van der Waals surface area contributed by atoms with E-state index in [-0.39, 0.29) is 12.4 Å². The zero-order valence-corrected chi connectivity index (χ0v) is 16.8. The van der Waals surface area contributed by atoms with Crippen LogP contribution in [-0.2, 0) is 24.5 Å². The zero-order chi connectivity index (χ0) is 22.5. The predicted molar refractivity (Wildman–Crippen MR) is 106 cm³/mol. The van der Waals surface area contributed by atoms with Gasteiger partial charge in [-0.05, 0) is 31.0 Å². The molecular formula is C19H20F2N6O4. The molecule has 12 heteroatoms. The highest BCUT2D eigenvalue weighted by Gasteiger charge is 2.31. The van der Waals surface area contributed by atoms with E-state index in [0.717, 1.165) is 11.1 Å². The minimum absolute atomic E-state index is 0.115. The molecule has 0 radical (unpaired) electrons. The molecular weight excluding hydrogens is 414 g/mol. The van der Waals surface area contributed by atoms with E-state index >= 15 is 0 Å². The van der Waals surface area contributed by atoms with Crippen LogP contribution in [0.1, 0.15) is 30.3 Å². The Morgan fingerprint density at radius 2 is 2.03 bits per heavy atom. The third kappa shape index (κ3) is 5.21. The molecule has 0 aliphatic heterocycles. The molecule has 2 heterocycles. The molecule has 0 aliphatic rings. The first-order valence-corrected chi connectivity index (χ1v) is 9.32. The standard InChI is InChI=1S/C19H20F2N6O4/c1-3-13-4-6-15(7-5-13)31-11-25-9-14(8-22-25)23-16(28)10-26-12(2)18(27(29)30)17(24-26)19(20)21/h4-9,19H,3,10-11H2,1-2H3,(H,23,28). The Bertz CT molecular complexity index is 1080. The number of halogens is 2. The van der Waals surface area contributed by atoms with Gasteiger partial charge in [-0.25, -0.2) is 13.5 Å². The fraction of sp³-hybridized carbons (Fsp3) is 0.316. The Morgan fingerprint density at radius 1 is 1.32 bits per heavy atom. The first kappa shape index (κ1) is 21.9. The number of amides is 1. The molecule has 0 fully saturated rings. The minimum Gasteiger partial charge on any atom is -0.471 e. The molecule has 31 heavy (non-hydrogen) atoms. The molecule has 1 amide bonds. The SMILES string of the molecule is CCc1ccc(OCn2cc(NC(=O)Cn3nc(C(F)F)c([N+](=O)[O-])c3C)cn2)cc1. The van der Waals surface area contributed by atoms with Gasteiger partial charge in [0.2, 0.25) is 11.6 Å². The Hall–Kier alpha value is -3.83. The number of ether oxygens (including phenoxy) is 1. The van der Waals surface area contributed by atoms with E-state index < -0.39 is 35.2 Å². The Labute approximate surface area is 175 Å². The van der Waals surface area contributed by atoms with Crippen LogP contribution >= 0.6 is 0 Å². The van der Waals surface area contributed by atoms with Gasteiger partial charge in [0.15, 0.2) is 6.73 Å². The lowest BCUT2D eigenvalue weighted by Gasteiger charge is -2.07. The second-order valence-electron chi connectivity index (χ2n) is 6.62. The number of aromatic nitrogens is 4. The second kappa shape index (κ2) is 9.32. The lowest BCUT2D eigenvalue weighted by molar-refractivity contribution is -0.386. The maximum absolute atomic E-state index is 13.0. The van der Waals surface area contributed by atoms with Gasteiger partial charge in [0.05, 0.1) is 23.0 Å². The van der Waals surface area contributed by atoms with Crippen LogP contribution in [0.15, 0.2) is 36.7 Å². The molecule has 0 bridgehead atoms. The molecule has 3 aromatic rings. The highest BCUT2D eigenvalue weighted by Crippen LogP contribution is 2.30. The normalized spacial score (nSPS) is 11.0. The van der Waals surface area contributed by atoms with Crippen LogP contribution in [0.25, 0.3) is 0 Å². The first-order valence-electron chi connectivity index (χ1n) is 9.32. The average molecular weight is 434 g/mol. The number of hydrogen-bond donors (Lipinski definition) is 1. The van der Waals surface area contributed by atoms with Gasteiger partial charge in [0.1, 0.15) is 18.0 Å². The zero-order valence-electron chi connectivity index (χ0n) is 16.8. The van der Waals surface area contributed by atoms with E-state index in [4.69, 9.17) is 4.74 Å². The van der Waals surface area contributed by atoms with Crippen LogP contribution in [-0.4, -0.2) is 30.4 Å². The van der Waals surface area contributed by atoms with Crippen LogP contribution in [0.3, 0.4) is 0 Å². The topological polar surface area (TPSA) is 117 Å². The number of nitrogens with zero attached hydrogens (tertiary/aromatic N) is 5. The molecule has 0 saturated heterocycles. The number of hydrogen-bond acceptors (Lipinski definition) is 6. The summed E-state index contributed by atoms with van der Waals surface area (Å²) in [5, 5.41) is 21.2. The van der Waals surface area contributed by atoms with E-state index in [9.17, 15) is 23.7 Å². The number of nitrogens with one attached hydrogen (secondary N) is 1. The summed E-state index contributed by atoms with van der Waals surface area (Å²) in [5.74, 6) is 0.0702. The largest absolute Gasteiger partial charge is 0.471 e. The summed E-state index contributed by atoms with van der Waals surface area (Å²) in [4.78, 5) is 22.3. The van der Waals surface area contributed by atoms with Crippen molar-refractivity contribution >= 4 is 17.3 Å². The van der Waals surface area contributed by atoms with Crippen LogP contribution in [0.4, 0.5) is 20.2 Å².